The Kier molecular flexibility index (Phi) is 4.18. The minimum Gasteiger partial charge on any atom is -0.480 e. The first-order valence-electron chi connectivity index (χ1n) is 4.44. The summed E-state index contributed by atoms with van der Waals surface area (Å²) in [4.78, 5) is 12.3. The summed E-state index contributed by atoms with van der Waals surface area (Å²) in [6, 6.07) is 9.24. The van der Waals surface area contributed by atoms with E-state index < -0.39 is 5.97 Å². The van der Waals surface area contributed by atoms with E-state index in [4.69, 9.17) is 16.7 Å². The fourth-order valence-corrected chi connectivity index (χ4v) is 1.39. The summed E-state index contributed by atoms with van der Waals surface area (Å²) in [5.74, 6) is -0.892. The number of hydrogen-bond donors (Lipinski definition) is 1. The quantitative estimate of drug-likeness (QED) is 0.836. The third-order valence-electron chi connectivity index (χ3n) is 1.81. The van der Waals surface area contributed by atoms with Crippen molar-refractivity contribution in [2.24, 2.45) is 0 Å². The maximum absolute atomic E-state index is 10.7. The number of aliphatic carboxylic acids is 1. The molecule has 0 atom stereocenters. The van der Waals surface area contributed by atoms with Crippen LogP contribution in [0.1, 0.15) is 0 Å². The predicted molar refractivity (Wildman–Crippen MR) is 61.3 cm³/mol. The number of hydrogen-bond acceptors (Lipinski definition) is 2. The van der Waals surface area contributed by atoms with E-state index >= 15 is 0 Å². The number of benzene rings is 1. The molecule has 0 spiro atoms. The summed E-state index contributed by atoms with van der Waals surface area (Å²) < 4.78 is 0. The van der Waals surface area contributed by atoms with Gasteiger partial charge in [0, 0.05) is 10.7 Å². The summed E-state index contributed by atoms with van der Waals surface area (Å²) in [6.07, 6.45) is 0. The van der Waals surface area contributed by atoms with Crippen LogP contribution in [0.3, 0.4) is 0 Å². The fraction of sp³-hybridized carbons (Fsp3) is 0.182. The lowest BCUT2D eigenvalue weighted by molar-refractivity contribution is -0.135. The molecule has 0 saturated heterocycles. The van der Waals surface area contributed by atoms with Crippen molar-refractivity contribution in [1.82, 2.24) is 0 Å². The molecule has 0 unspecified atom stereocenters. The van der Waals surface area contributed by atoms with E-state index in [0.717, 1.165) is 5.69 Å². The van der Waals surface area contributed by atoms with E-state index in [-0.39, 0.29) is 6.54 Å². The molecule has 15 heavy (non-hydrogen) atoms. The Morgan fingerprint density at radius 2 is 1.93 bits per heavy atom. The average Bonchev–Trinajstić information content (AvgIpc) is 2.17. The second kappa shape index (κ2) is 5.41. The molecule has 0 saturated carbocycles. The van der Waals surface area contributed by atoms with Crippen LogP contribution < -0.4 is 4.90 Å². The van der Waals surface area contributed by atoms with Gasteiger partial charge < -0.3 is 10.0 Å². The van der Waals surface area contributed by atoms with Crippen LogP contribution in [0, 0.1) is 0 Å². The molecule has 1 N–H and O–H groups in total. The van der Waals surface area contributed by atoms with Gasteiger partial charge in [0.15, 0.2) is 0 Å². The van der Waals surface area contributed by atoms with Crippen molar-refractivity contribution in [3.8, 4) is 0 Å². The van der Waals surface area contributed by atoms with E-state index in [0.29, 0.717) is 11.6 Å². The summed E-state index contributed by atoms with van der Waals surface area (Å²) in [7, 11) is 0. The van der Waals surface area contributed by atoms with Crippen molar-refractivity contribution in [2.75, 3.05) is 18.0 Å². The highest BCUT2D eigenvalue weighted by Gasteiger charge is 2.10. The molecule has 0 amide bonds. The highest BCUT2D eigenvalue weighted by molar-refractivity contribution is 6.29. The lowest BCUT2D eigenvalue weighted by atomic mass is 10.3. The molecule has 0 radical (unpaired) electrons. The van der Waals surface area contributed by atoms with Crippen LogP contribution in [0.5, 0.6) is 0 Å². The van der Waals surface area contributed by atoms with Gasteiger partial charge in [-0.2, -0.15) is 0 Å². The Bertz CT molecular complexity index is 335. The van der Waals surface area contributed by atoms with Gasteiger partial charge in [-0.05, 0) is 12.1 Å². The van der Waals surface area contributed by atoms with Crippen molar-refractivity contribution < 1.29 is 9.90 Å². The van der Waals surface area contributed by atoms with Gasteiger partial charge in [0.1, 0.15) is 6.54 Å². The Hall–Kier alpha value is -1.48. The average molecular weight is 226 g/mol. The van der Waals surface area contributed by atoms with E-state index in [2.05, 4.69) is 6.58 Å². The van der Waals surface area contributed by atoms with Crippen LogP contribution >= 0.6 is 11.6 Å². The SMILES string of the molecule is C=C(Cl)CN(CC(=O)O)c1ccccc1. The van der Waals surface area contributed by atoms with Gasteiger partial charge in [0.2, 0.25) is 0 Å². The molecule has 1 aromatic carbocycles. The molecule has 0 aliphatic heterocycles. The van der Waals surface area contributed by atoms with Crippen LogP contribution in [0.15, 0.2) is 41.9 Å². The van der Waals surface area contributed by atoms with E-state index in [1.54, 1.807) is 4.90 Å². The van der Waals surface area contributed by atoms with Crippen molar-refractivity contribution in [3.63, 3.8) is 0 Å². The summed E-state index contributed by atoms with van der Waals surface area (Å²) in [5.41, 5.74) is 0.821. The zero-order valence-electron chi connectivity index (χ0n) is 8.19. The second-order valence-electron chi connectivity index (χ2n) is 3.10. The van der Waals surface area contributed by atoms with E-state index in [1.165, 1.54) is 0 Å². The number of nitrogens with zero attached hydrogens (tertiary/aromatic N) is 1. The molecule has 0 bridgehead atoms. The third kappa shape index (κ3) is 4.04. The van der Waals surface area contributed by atoms with Crippen LogP contribution in [0.4, 0.5) is 5.69 Å². The smallest absolute Gasteiger partial charge is 0.323 e. The van der Waals surface area contributed by atoms with Gasteiger partial charge in [-0.25, -0.2) is 0 Å². The molecule has 3 nitrogen and oxygen atoms in total. The van der Waals surface area contributed by atoms with Crippen LogP contribution in [-0.2, 0) is 4.79 Å². The van der Waals surface area contributed by atoms with Gasteiger partial charge in [-0.1, -0.05) is 36.4 Å². The van der Waals surface area contributed by atoms with Gasteiger partial charge >= 0.3 is 5.97 Å². The maximum Gasteiger partial charge on any atom is 0.323 e. The zero-order chi connectivity index (χ0) is 11.3. The van der Waals surface area contributed by atoms with Gasteiger partial charge in [0.25, 0.3) is 0 Å². The molecule has 0 heterocycles. The van der Waals surface area contributed by atoms with Crippen LogP contribution in [0.2, 0.25) is 0 Å². The van der Waals surface area contributed by atoms with Crippen LogP contribution in [0.25, 0.3) is 0 Å². The first kappa shape index (κ1) is 11.6. The number of rotatable bonds is 5. The molecule has 0 aliphatic carbocycles. The highest BCUT2D eigenvalue weighted by atomic mass is 35.5. The number of carboxylic acid groups (broad SMARTS) is 1. The second-order valence-corrected chi connectivity index (χ2v) is 3.64. The Balaban J connectivity index is 2.81. The lowest BCUT2D eigenvalue weighted by Gasteiger charge is -2.21. The number of anilines is 1. The van der Waals surface area contributed by atoms with Crippen molar-refractivity contribution >= 4 is 23.3 Å². The molecule has 0 aliphatic rings. The normalized spacial score (nSPS) is 9.67. The molecule has 0 fully saturated rings. The Labute approximate surface area is 93.6 Å². The summed E-state index contributed by atoms with van der Waals surface area (Å²) in [6.45, 7) is 3.80. The largest absolute Gasteiger partial charge is 0.480 e. The Morgan fingerprint density at radius 1 is 1.33 bits per heavy atom. The molecular formula is C11H12ClNO2. The minimum atomic E-state index is -0.892. The van der Waals surface area contributed by atoms with Gasteiger partial charge in [-0.3, -0.25) is 4.79 Å². The van der Waals surface area contributed by atoms with E-state index in [9.17, 15) is 4.79 Å². The van der Waals surface area contributed by atoms with Crippen LogP contribution in [-0.4, -0.2) is 24.2 Å². The molecular weight excluding hydrogens is 214 g/mol. The predicted octanol–water partition coefficient (Wildman–Crippen LogP) is 2.33. The zero-order valence-corrected chi connectivity index (χ0v) is 8.94. The van der Waals surface area contributed by atoms with Crippen molar-refractivity contribution in [3.05, 3.63) is 41.9 Å². The molecule has 1 aromatic rings. The standard InChI is InChI=1S/C11H12ClNO2/c1-9(12)7-13(8-11(14)15)10-5-3-2-4-6-10/h2-6H,1,7-8H2,(H,14,15). The number of para-hydroxylation sites is 1. The minimum absolute atomic E-state index is 0.0875. The first-order valence-corrected chi connectivity index (χ1v) is 4.82. The number of carboxylic acids is 1. The monoisotopic (exact) mass is 225 g/mol. The number of carbonyl (C=O) groups is 1. The lowest BCUT2D eigenvalue weighted by Crippen LogP contribution is -2.30. The summed E-state index contributed by atoms with van der Waals surface area (Å²) >= 11 is 5.68. The van der Waals surface area contributed by atoms with Crippen molar-refractivity contribution in [2.45, 2.75) is 0 Å². The fourth-order valence-electron chi connectivity index (χ4n) is 1.25. The maximum atomic E-state index is 10.7. The van der Waals surface area contributed by atoms with E-state index in [1.807, 2.05) is 30.3 Å². The number of halogens is 1. The molecule has 1 rings (SSSR count). The van der Waals surface area contributed by atoms with Crippen molar-refractivity contribution in [1.29, 1.82) is 0 Å². The summed E-state index contributed by atoms with van der Waals surface area (Å²) in [5, 5.41) is 9.16. The third-order valence-corrected chi connectivity index (χ3v) is 1.93. The molecule has 80 valence electrons. The molecule has 4 heteroatoms. The molecule has 0 aromatic heterocycles. The van der Waals surface area contributed by atoms with Gasteiger partial charge in [-0.15, -0.1) is 0 Å². The Morgan fingerprint density at radius 3 is 2.40 bits per heavy atom. The van der Waals surface area contributed by atoms with Gasteiger partial charge in [0.05, 0.1) is 6.54 Å². The topological polar surface area (TPSA) is 40.5 Å². The first-order chi connectivity index (χ1) is 7.09. The highest BCUT2D eigenvalue weighted by Crippen LogP contribution is 2.15.